The van der Waals surface area contributed by atoms with E-state index in [2.05, 4.69) is 5.32 Å². The van der Waals surface area contributed by atoms with Crippen LogP contribution in [0, 0.1) is 0 Å². The molecule has 0 aliphatic carbocycles. The van der Waals surface area contributed by atoms with Crippen LogP contribution in [0.5, 0.6) is 0 Å². The fourth-order valence-electron chi connectivity index (χ4n) is 1.21. The summed E-state index contributed by atoms with van der Waals surface area (Å²) in [5.41, 5.74) is 0.857. The fourth-order valence-corrected chi connectivity index (χ4v) is 1.88. The van der Waals surface area contributed by atoms with Crippen molar-refractivity contribution in [3.63, 3.8) is 0 Å². The summed E-state index contributed by atoms with van der Waals surface area (Å²) in [5.74, 6) is -1.48. The average molecular weight is 243 g/mol. The van der Waals surface area contributed by atoms with Crippen LogP contribution in [0.15, 0.2) is 16.8 Å². The van der Waals surface area contributed by atoms with Gasteiger partial charge >= 0.3 is 5.97 Å². The van der Waals surface area contributed by atoms with E-state index < -0.39 is 12.0 Å². The first-order valence-electron chi connectivity index (χ1n) is 4.77. The maximum absolute atomic E-state index is 11.4. The van der Waals surface area contributed by atoms with Gasteiger partial charge in [0.25, 0.3) is 0 Å². The molecule has 0 bridgehead atoms. The second-order valence-corrected chi connectivity index (χ2v) is 4.06. The Kier molecular flexibility index (Phi) is 4.94. The van der Waals surface area contributed by atoms with Crippen LogP contribution in [-0.4, -0.2) is 34.7 Å². The lowest BCUT2D eigenvalue weighted by atomic mass is 10.2. The third-order valence-corrected chi connectivity index (χ3v) is 2.73. The maximum Gasteiger partial charge on any atom is 0.326 e. The van der Waals surface area contributed by atoms with Crippen molar-refractivity contribution in [3.05, 3.63) is 22.4 Å². The summed E-state index contributed by atoms with van der Waals surface area (Å²) in [7, 11) is 0. The minimum absolute atomic E-state index is 0.0186. The minimum atomic E-state index is -1.13. The predicted octanol–water partition coefficient (Wildman–Crippen LogP) is 0.242. The van der Waals surface area contributed by atoms with Crippen LogP contribution >= 0.6 is 11.3 Å². The number of thiophene rings is 1. The minimum Gasteiger partial charge on any atom is -0.480 e. The Morgan fingerprint density at radius 1 is 1.50 bits per heavy atom. The van der Waals surface area contributed by atoms with E-state index in [4.69, 9.17) is 10.2 Å². The number of aliphatic hydroxyl groups excluding tert-OH is 1. The number of hydrogen-bond acceptors (Lipinski definition) is 4. The van der Waals surface area contributed by atoms with Crippen molar-refractivity contribution in [1.29, 1.82) is 0 Å². The normalized spacial score (nSPS) is 12.1. The Morgan fingerprint density at radius 3 is 2.75 bits per heavy atom. The van der Waals surface area contributed by atoms with Crippen molar-refractivity contribution < 1.29 is 19.8 Å². The van der Waals surface area contributed by atoms with E-state index in [0.29, 0.717) is 0 Å². The van der Waals surface area contributed by atoms with Crippen molar-refractivity contribution in [3.8, 4) is 0 Å². The number of carboxylic acid groups (broad SMARTS) is 1. The lowest BCUT2D eigenvalue weighted by molar-refractivity contribution is -0.142. The molecular weight excluding hydrogens is 230 g/mol. The summed E-state index contributed by atoms with van der Waals surface area (Å²) in [6.07, 6.45) is 0.184. The Bertz CT molecular complexity index is 350. The van der Waals surface area contributed by atoms with Gasteiger partial charge in [-0.15, -0.1) is 0 Å². The monoisotopic (exact) mass is 243 g/mol. The number of carbonyl (C=O) groups excluding carboxylic acids is 1. The molecule has 0 unspecified atom stereocenters. The Morgan fingerprint density at radius 2 is 2.25 bits per heavy atom. The molecule has 1 aromatic rings. The highest BCUT2D eigenvalue weighted by Gasteiger charge is 2.19. The van der Waals surface area contributed by atoms with Gasteiger partial charge < -0.3 is 15.5 Å². The van der Waals surface area contributed by atoms with Crippen LogP contribution in [0.25, 0.3) is 0 Å². The predicted molar refractivity (Wildman–Crippen MR) is 59.3 cm³/mol. The average Bonchev–Trinajstić information content (AvgIpc) is 2.69. The van der Waals surface area contributed by atoms with Gasteiger partial charge in [-0.1, -0.05) is 0 Å². The van der Waals surface area contributed by atoms with Gasteiger partial charge in [-0.2, -0.15) is 11.3 Å². The van der Waals surface area contributed by atoms with Crippen LogP contribution in [0.4, 0.5) is 0 Å². The molecule has 6 heteroatoms. The van der Waals surface area contributed by atoms with E-state index >= 15 is 0 Å². The maximum atomic E-state index is 11.4. The second kappa shape index (κ2) is 6.24. The van der Waals surface area contributed by atoms with Gasteiger partial charge in [0.2, 0.25) is 5.91 Å². The quantitative estimate of drug-likeness (QED) is 0.668. The standard InChI is InChI=1S/C10H13NO4S/c12-3-1-8(10(14)15)11-9(13)5-7-2-4-16-6-7/h2,4,6,8,12H,1,3,5H2,(H,11,13)(H,14,15)/t8-/m1/s1. The zero-order chi connectivity index (χ0) is 12.0. The summed E-state index contributed by atoms with van der Waals surface area (Å²) in [4.78, 5) is 22.2. The van der Waals surface area contributed by atoms with Crippen molar-refractivity contribution in [1.82, 2.24) is 5.32 Å². The molecule has 1 aromatic heterocycles. The van der Waals surface area contributed by atoms with Crippen molar-refractivity contribution in [2.75, 3.05) is 6.61 Å². The van der Waals surface area contributed by atoms with Crippen LogP contribution in [-0.2, 0) is 16.0 Å². The van der Waals surface area contributed by atoms with Gasteiger partial charge in [-0.25, -0.2) is 4.79 Å². The molecule has 1 heterocycles. The number of carboxylic acids is 1. The summed E-state index contributed by atoms with van der Waals surface area (Å²) in [5, 5.41) is 23.4. The van der Waals surface area contributed by atoms with Crippen molar-refractivity contribution >= 4 is 23.2 Å². The topological polar surface area (TPSA) is 86.6 Å². The Hall–Kier alpha value is -1.40. The van der Waals surface area contributed by atoms with Gasteiger partial charge in [0.1, 0.15) is 6.04 Å². The molecule has 1 amide bonds. The van der Waals surface area contributed by atoms with Crippen LogP contribution in [0.1, 0.15) is 12.0 Å². The second-order valence-electron chi connectivity index (χ2n) is 3.28. The molecule has 0 spiro atoms. The molecule has 0 saturated carbocycles. The summed E-state index contributed by atoms with van der Waals surface area (Å²) < 4.78 is 0. The zero-order valence-electron chi connectivity index (χ0n) is 8.55. The molecule has 0 aromatic carbocycles. The molecular formula is C10H13NO4S. The molecule has 0 saturated heterocycles. The molecule has 1 rings (SSSR count). The molecule has 0 aliphatic heterocycles. The molecule has 5 nitrogen and oxygen atoms in total. The largest absolute Gasteiger partial charge is 0.480 e. The van der Waals surface area contributed by atoms with E-state index in [1.165, 1.54) is 11.3 Å². The smallest absolute Gasteiger partial charge is 0.326 e. The van der Waals surface area contributed by atoms with E-state index in [1.807, 2.05) is 16.8 Å². The first kappa shape index (κ1) is 12.7. The van der Waals surface area contributed by atoms with Crippen LogP contribution < -0.4 is 5.32 Å². The highest BCUT2D eigenvalue weighted by molar-refractivity contribution is 7.07. The third-order valence-electron chi connectivity index (χ3n) is 2.00. The van der Waals surface area contributed by atoms with Crippen molar-refractivity contribution in [2.24, 2.45) is 0 Å². The number of aliphatic carboxylic acids is 1. The summed E-state index contributed by atoms with van der Waals surface area (Å²) in [6, 6.07) is 0.794. The molecule has 88 valence electrons. The van der Waals surface area contributed by atoms with Crippen LogP contribution in [0.3, 0.4) is 0 Å². The van der Waals surface area contributed by atoms with E-state index in [1.54, 1.807) is 0 Å². The van der Waals surface area contributed by atoms with E-state index in [0.717, 1.165) is 5.56 Å². The number of hydrogen-bond donors (Lipinski definition) is 3. The lowest BCUT2D eigenvalue weighted by Gasteiger charge is -2.12. The van der Waals surface area contributed by atoms with Gasteiger partial charge in [0, 0.05) is 13.0 Å². The lowest BCUT2D eigenvalue weighted by Crippen LogP contribution is -2.42. The summed E-state index contributed by atoms with van der Waals surface area (Å²) in [6.45, 7) is -0.268. The highest BCUT2D eigenvalue weighted by Crippen LogP contribution is 2.06. The number of rotatable bonds is 6. The third kappa shape index (κ3) is 4.00. The van der Waals surface area contributed by atoms with Crippen LogP contribution in [0.2, 0.25) is 0 Å². The van der Waals surface area contributed by atoms with Gasteiger partial charge in [-0.05, 0) is 22.4 Å². The van der Waals surface area contributed by atoms with Gasteiger partial charge in [-0.3, -0.25) is 4.79 Å². The molecule has 0 radical (unpaired) electrons. The number of carbonyl (C=O) groups is 2. The van der Waals surface area contributed by atoms with E-state index in [-0.39, 0.29) is 25.4 Å². The molecule has 3 N–H and O–H groups in total. The fraction of sp³-hybridized carbons (Fsp3) is 0.400. The Balaban J connectivity index is 2.45. The number of amides is 1. The first-order valence-corrected chi connectivity index (χ1v) is 5.72. The molecule has 0 aliphatic rings. The highest BCUT2D eigenvalue weighted by atomic mass is 32.1. The molecule has 1 atom stereocenters. The van der Waals surface area contributed by atoms with Gasteiger partial charge in [0.15, 0.2) is 0 Å². The van der Waals surface area contributed by atoms with Crippen molar-refractivity contribution in [2.45, 2.75) is 18.9 Å². The SMILES string of the molecule is O=C(Cc1ccsc1)N[C@H](CCO)C(=O)O. The zero-order valence-corrected chi connectivity index (χ0v) is 9.37. The first-order chi connectivity index (χ1) is 7.63. The van der Waals surface area contributed by atoms with Gasteiger partial charge in [0.05, 0.1) is 6.42 Å². The number of nitrogens with one attached hydrogen (secondary N) is 1. The number of aliphatic hydroxyl groups is 1. The van der Waals surface area contributed by atoms with E-state index in [9.17, 15) is 9.59 Å². The Labute approximate surface area is 96.7 Å². The molecule has 0 fully saturated rings. The summed E-state index contributed by atoms with van der Waals surface area (Å²) >= 11 is 1.48. The molecule has 16 heavy (non-hydrogen) atoms.